The van der Waals surface area contributed by atoms with E-state index in [-0.39, 0.29) is 24.4 Å². The number of hydrogen-bond acceptors (Lipinski definition) is 6. The Hall–Kier alpha value is -2.08. The molecule has 2 aliphatic rings. The van der Waals surface area contributed by atoms with Crippen LogP contribution >= 0.6 is 34.5 Å². The van der Waals surface area contributed by atoms with Crippen molar-refractivity contribution in [2.75, 3.05) is 48.4 Å². The molecule has 1 aromatic heterocycles. The van der Waals surface area contributed by atoms with E-state index in [1.165, 1.54) is 17.5 Å². The zero-order chi connectivity index (χ0) is 23.1. The van der Waals surface area contributed by atoms with Gasteiger partial charge in [0.25, 0.3) is 0 Å². The molecule has 1 aromatic carbocycles. The lowest BCUT2D eigenvalue weighted by atomic mass is 9.81. The molecule has 0 bridgehead atoms. The van der Waals surface area contributed by atoms with Crippen LogP contribution in [0, 0.1) is 0 Å². The van der Waals surface area contributed by atoms with Gasteiger partial charge in [-0.15, -0.1) is 0 Å². The SMILES string of the molecule is CS(=O)(=O)CCNC(=O)N1CCC2(C1)CN(C(=O)Nc1ncc(Cl)s1)c1ccc(Cl)cc12. The van der Waals surface area contributed by atoms with Crippen LogP contribution in [0.3, 0.4) is 0 Å². The van der Waals surface area contributed by atoms with Crippen LogP contribution in [-0.2, 0) is 15.3 Å². The van der Waals surface area contributed by atoms with Crippen LogP contribution in [0.25, 0.3) is 0 Å². The van der Waals surface area contributed by atoms with Crippen molar-refractivity contribution in [1.82, 2.24) is 15.2 Å². The van der Waals surface area contributed by atoms with Gasteiger partial charge < -0.3 is 10.2 Å². The Kier molecular flexibility index (Phi) is 6.27. The first-order valence-electron chi connectivity index (χ1n) is 9.77. The third-order valence-corrected chi connectivity index (χ3v) is 7.82. The molecule has 172 valence electrons. The fourth-order valence-electron chi connectivity index (χ4n) is 4.14. The van der Waals surface area contributed by atoms with Gasteiger partial charge in [0.2, 0.25) is 0 Å². The lowest BCUT2D eigenvalue weighted by Gasteiger charge is -2.26. The Labute approximate surface area is 199 Å². The van der Waals surface area contributed by atoms with Gasteiger partial charge in [-0.25, -0.2) is 23.0 Å². The second kappa shape index (κ2) is 8.69. The van der Waals surface area contributed by atoms with E-state index in [2.05, 4.69) is 15.6 Å². The van der Waals surface area contributed by atoms with E-state index in [0.29, 0.717) is 40.5 Å². The number of hydrogen-bond donors (Lipinski definition) is 2. The maximum Gasteiger partial charge on any atom is 0.328 e. The predicted molar refractivity (Wildman–Crippen MR) is 126 cm³/mol. The van der Waals surface area contributed by atoms with Crippen molar-refractivity contribution < 1.29 is 18.0 Å². The molecule has 3 heterocycles. The summed E-state index contributed by atoms with van der Waals surface area (Å²) in [6, 6.07) is 4.71. The zero-order valence-electron chi connectivity index (χ0n) is 17.1. The van der Waals surface area contributed by atoms with Crippen LogP contribution in [0.4, 0.5) is 20.4 Å². The lowest BCUT2D eigenvalue weighted by Crippen LogP contribution is -2.44. The number of thiazole rings is 1. The van der Waals surface area contributed by atoms with Gasteiger partial charge in [-0.1, -0.05) is 34.5 Å². The van der Waals surface area contributed by atoms with Crippen LogP contribution in [0.1, 0.15) is 12.0 Å². The average Bonchev–Trinajstić information content (AvgIpc) is 3.40. The van der Waals surface area contributed by atoms with E-state index in [9.17, 15) is 18.0 Å². The molecule has 1 atom stereocenters. The predicted octanol–water partition coefficient (Wildman–Crippen LogP) is 3.20. The average molecular weight is 518 g/mol. The first kappa shape index (κ1) is 23.1. The lowest BCUT2D eigenvalue weighted by molar-refractivity contribution is 0.206. The number of halogens is 2. The Bertz CT molecular complexity index is 1170. The number of amides is 4. The Balaban J connectivity index is 1.51. The van der Waals surface area contributed by atoms with E-state index < -0.39 is 15.3 Å². The maximum absolute atomic E-state index is 13.0. The standard InChI is InChI=1S/C19H21Cl2N5O4S2/c1-32(29,30)7-5-22-17(27)25-6-4-19(10-25)11-26(14-3-2-12(20)8-13(14)19)18(28)24-16-23-9-15(21)31-16/h2-3,8-9H,4-7,10-11H2,1H3,(H,22,27)(H,23,24,28). The molecule has 2 aliphatic heterocycles. The van der Waals surface area contributed by atoms with Crippen molar-refractivity contribution in [3.8, 4) is 0 Å². The van der Waals surface area contributed by atoms with E-state index >= 15 is 0 Å². The number of likely N-dealkylation sites (tertiary alicyclic amines) is 1. The van der Waals surface area contributed by atoms with Crippen LogP contribution in [0.15, 0.2) is 24.4 Å². The van der Waals surface area contributed by atoms with E-state index in [0.717, 1.165) is 17.5 Å². The smallest absolute Gasteiger partial charge is 0.328 e. The first-order chi connectivity index (χ1) is 15.1. The zero-order valence-corrected chi connectivity index (χ0v) is 20.2. The van der Waals surface area contributed by atoms with Gasteiger partial charge in [0.1, 0.15) is 14.2 Å². The van der Waals surface area contributed by atoms with Crippen LogP contribution in [0.5, 0.6) is 0 Å². The number of anilines is 2. The number of carbonyl (C=O) groups excluding carboxylic acids is 2. The van der Waals surface area contributed by atoms with Crippen molar-refractivity contribution in [2.45, 2.75) is 11.8 Å². The Morgan fingerprint density at radius 2 is 2.03 bits per heavy atom. The van der Waals surface area contributed by atoms with Crippen molar-refractivity contribution in [3.63, 3.8) is 0 Å². The second-order valence-corrected chi connectivity index (χ2v) is 12.3. The van der Waals surface area contributed by atoms with Gasteiger partial charge in [-0.2, -0.15) is 0 Å². The molecule has 1 saturated heterocycles. The first-order valence-corrected chi connectivity index (χ1v) is 13.4. The molecule has 32 heavy (non-hydrogen) atoms. The quantitative estimate of drug-likeness (QED) is 0.646. The molecule has 2 aromatic rings. The summed E-state index contributed by atoms with van der Waals surface area (Å²) in [5.74, 6) is -0.120. The van der Waals surface area contributed by atoms with Gasteiger partial charge in [-0.05, 0) is 30.2 Å². The topological polar surface area (TPSA) is 112 Å². The summed E-state index contributed by atoms with van der Waals surface area (Å²) in [5, 5.41) is 6.38. The van der Waals surface area contributed by atoms with E-state index in [1.54, 1.807) is 21.9 Å². The number of nitrogens with zero attached hydrogens (tertiary/aromatic N) is 3. The summed E-state index contributed by atoms with van der Waals surface area (Å²) in [4.78, 5) is 33.0. The molecular formula is C19H21Cl2N5O4S2. The molecule has 4 amide bonds. The minimum Gasteiger partial charge on any atom is -0.337 e. The highest BCUT2D eigenvalue weighted by atomic mass is 35.5. The van der Waals surface area contributed by atoms with Crippen molar-refractivity contribution in [3.05, 3.63) is 39.3 Å². The number of sulfone groups is 1. The fraction of sp³-hybridized carbons (Fsp3) is 0.421. The largest absolute Gasteiger partial charge is 0.337 e. The number of urea groups is 2. The number of rotatable bonds is 4. The van der Waals surface area contributed by atoms with Crippen molar-refractivity contribution in [2.24, 2.45) is 0 Å². The summed E-state index contributed by atoms with van der Waals surface area (Å²) >= 11 is 13.3. The van der Waals surface area contributed by atoms with Gasteiger partial charge >= 0.3 is 12.1 Å². The summed E-state index contributed by atoms with van der Waals surface area (Å²) in [5.41, 5.74) is 1.17. The Morgan fingerprint density at radius 3 is 2.72 bits per heavy atom. The number of benzene rings is 1. The third kappa shape index (κ3) is 4.80. The number of nitrogens with one attached hydrogen (secondary N) is 2. The molecule has 0 aliphatic carbocycles. The molecular weight excluding hydrogens is 497 g/mol. The monoisotopic (exact) mass is 517 g/mol. The number of aromatic nitrogens is 1. The molecule has 1 spiro atoms. The Morgan fingerprint density at radius 1 is 1.25 bits per heavy atom. The normalized spacial score (nSPS) is 20.0. The van der Waals surface area contributed by atoms with Crippen molar-refractivity contribution in [1.29, 1.82) is 0 Å². The van der Waals surface area contributed by atoms with Crippen LogP contribution < -0.4 is 15.5 Å². The molecule has 9 nitrogen and oxygen atoms in total. The van der Waals surface area contributed by atoms with E-state index in [1.807, 2.05) is 6.07 Å². The molecule has 1 unspecified atom stereocenters. The number of fused-ring (bicyclic) bond motifs is 2. The highest BCUT2D eigenvalue weighted by Crippen LogP contribution is 2.47. The minimum atomic E-state index is -3.16. The summed E-state index contributed by atoms with van der Waals surface area (Å²) in [6.07, 6.45) is 3.24. The van der Waals surface area contributed by atoms with E-state index in [4.69, 9.17) is 23.2 Å². The van der Waals surface area contributed by atoms with Crippen LogP contribution in [-0.4, -0.2) is 68.6 Å². The summed E-state index contributed by atoms with van der Waals surface area (Å²) < 4.78 is 23.1. The van der Waals surface area contributed by atoms with Crippen molar-refractivity contribution >= 4 is 67.3 Å². The molecule has 1 fully saturated rings. The minimum absolute atomic E-state index is 0.0501. The molecule has 0 saturated carbocycles. The summed E-state index contributed by atoms with van der Waals surface area (Å²) in [6.45, 7) is 1.29. The van der Waals surface area contributed by atoms with Gasteiger partial charge in [-0.3, -0.25) is 10.2 Å². The van der Waals surface area contributed by atoms with Crippen LogP contribution in [0.2, 0.25) is 9.36 Å². The third-order valence-electron chi connectivity index (χ3n) is 5.61. The highest BCUT2D eigenvalue weighted by Gasteiger charge is 2.50. The molecule has 0 radical (unpaired) electrons. The molecule has 4 rings (SSSR count). The molecule has 13 heteroatoms. The number of carbonyl (C=O) groups is 2. The van der Waals surface area contributed by atoms with Gasteiger partial charge in [0.15, 0.2) is 5.13 Å². The fourth-order valence-corrected chi connectivity index (χ4v) is 5.59. The van der Waals surface area contributed by atoms with Gasteiger partial charge in [0.05, 0.1) is 11.9 Å². The van der Waals surface area contributed by atoms with Gasteiger partial charge in [0, 0.05) is 48.6 Å². The maximum atomic E-state index is 13.0. The second-order valence-electron chi connectivity index (χ2n) is 7.96. The summed E-state index contributed by atoms with van der Waals surface area (Å²) in [7, 11) is -3.16. The highest BCUT2D eigenvalue weighted by molar-refractivity contribution is 7.90. The molecule has 2 N–H and O–H groups in total.